The average Bonchev–Trinajstić information content (AvgIpc) is 2.73. The summed E-state index contributed by atoms with van der Waals surface area (Å²) >= 11 is 0. The zero-order valence-electron chi connectivity index (χ0n) is 15.0. The number of hydrogen-bond acceptors (Lipinski definition) is 5. The van der Waals surface area contributed by atoms with Crippen LogP contribution in [0.5, 0.6) is 11.5 Å². The highest BCUT2D eigenvalue weighted by molar-refractivity contribution is 7.91. The Morgan fingerprint density at radius 1 is 0.862 bits per heavy atom. The van der Waals surface area contributed by atoms with E-state index in [0.29, 0.717) is 17.1 Å². The molecule has 0 fully saturated rings. The highest BCUT2D eigenvalue weighted by atomic mass is 32.2. The summed E-state index contributed by atoms with van der Waals surface area (Å²) in [6.45, 7) is -0.0844. The van der Waals surface area contributed by atoms with Crippen LogP contribution in [0.4, 0.5) is 8.78 Å². The molecule has 0 atom stereocenters. The van der Waals surface area contributed by atoms with Crippen LogP contribution in [-0.2, 0) is 21.2 Å². The normalized spacial score (nSPS) is 11.3. The summed E-state index contributed by atoms with van der Waals surface area (Å²) in [7, 11) is -4.71. The Morgan fingerprint density at radius 3 is 2.14 bits per heavy atom. The molecule has 0 aliphatic heterocycles. The van der Waals surface area contributed by atoms with E-state index >= 15 is 0 Å². The van der Waals surface area contributed by atoms with Crippen LogP contribution in [0.1, 0.15) is 15.9 Å². The summed E-state index contributed by atoms with van der Waals surface area (Å²) in [5, 5.41) is 0. The van der Waals surface area contributed by atoms with Crippen molar-refractivity contribution in [1.82, 2.24) is 0 Å². The maximum Gasteiger partial charge on any atom is 0.341 e. The van der Waals surface area contributed by atoms with Crippen LogP contribution in [0, 0.1) is 0 Å². The second-order valence-corrected chi connectivity index (χ2v) is 7.85. The molecule has 0 radical (unpaired) electrons. The topological polar surface area (TPSA) is 69.7 Å². The van der Waals surface area contributed by atoms with Crippen molar-refractivity contribution in [2.24, 2.45) is 0 Å². The molecule has 0 spiro atoms. The summed E-state index contributed by atoms with van der Waals surface area (Å²) in [6, 6.07) is 20.3. The van der Waals surface area contributed by atoms with Crippen molar-refractivity contribution in [3.8, 4) is 11.5 Å². The van der Waals surface area contributed by atoms with E-state index in [2.05, 4.69) is 0 Å². The second kappa shape index (κ2) is 8.83. The van der Waals surface area contributed by atoms with Crippen molar-refractivity contribution in [2.75, 3.05) is 0 Å². The van der Waals surface area contributed by atoms with Gasteiger partial charge in [-0.25, -0.2) is 13.2 Å². The monoisotopic (exact) mass is 418 g/mol. The molecule has 0 unspecified atom stereocenters. The van der Waals surface area contributed by atoms with Gasteiger partial charge < -0.3 is 9.47 Å². The van der Waals surface area contributed by atoms with Crippen LogP contribution in [-0.4, -0.2) is 20.1 Å². The molecule has 0 amide bonds. The van der Waals surface area contributed by atoms with E-state index in [4.69, 9.17) is 9.47 Å². The number of alkyl halides is 2. The summed E-state index contributed by atoms with van der Waals surface area (Å²) < 4.78 is 59.0. The van der Waals surface area contributed by atoms with Crippen molar-refractivity contribution in [1.29, 1.82) is 0 Å². The molecule has 0 aliphatic carbocycles. The van der Waals surface area contributed by atoms with Crippen LogP contribution >= 0.6 is 0 Å². The zero-order chi connectivity index (χ0) is 20.9. The van der Waals surface area contributed by atoms with Gasteiger partial charge in [-0.2, -0.15) is 8.78 Å². The SMILES string of the molecule is O=C(OCc1ccccc1Oc1ccccc1)c1ccc(S(=O)(=O)C(F)F)cc1. The Morgan fingerprint density at radius 2 is 1.48 bits per heavy atom. The van der Waals surface area contributed by atoms with Crippen LogP contribution in [0.25, 0.3) is 0 Å². The van der Waals surface area contributed by atoms with Gasteiger partial charge in [-0.15, -0.1) is 0 Å². The number of esters is 1. The first kappa shape index (κ1) is 20.5. The average molecular weight is 418 g/mol. The van der Waals surface area contributed by atoms with Gasteiger partial charge in [0.05, 0.1) is 10.5 Å². The Bertz CT molecular complexity index is 1080. The van der Waals surface area contributed by atoms with Gasteiger partial charge in [-0.1, -0.05) is 36.4 Å². The van der Waals surface area contributed by atoms with Gasteiger partial charge in [0.15, 0.2) is 0 Å². The molecule has 5 nitrogen and oxygen atoms in total. The molecule has 0 heterocycles. The summed E-state index contributed by atoms with van der Waals surface area (Å²) in [4.78, 5) is 11.7. The van der Waals surface area contributed by atoms with Crippen LogP contribution in [0.2, 0.25) is 0 Å². The molecular formula is C21H16F2O5S. The predicted octanol–water partition coefficient (Wildman–Crippen LogP) is 4.83. The molecule has 0 aromatic heterocycles. The maximum absolute atomic E-state index is 12.6. The number of hydrogen-bond donors (Lipinski definition) is 0. The minimum absolute atomic E-state index is 0.0414. The van der Waals surface area contributed by atoms with Crippen LogP contribution in [0.3, 0.4) is 0 Å². The minimum Gasteiger partial charge on any atom is -0.457 e. The zero-order valence-corrected chi connectivity index (χ0v) is 15.8. The van der Waals surface area contributed by atoms with E-state index in [0.717, 1.165) is 24.3 Å². The molecule has 150 valence electrons. The lowest BCUT2D eigenvalue weighted by molar-refractivity contribution is 0.0470. The second-order valence-electron chi connectivity index (χ2n) is 5.93. The van der Waals surface area contributed by atoms with Crippen molar-refractivity contribution < 1.29 is 31.5 Å². The smallest absolute Gasteiger partial charge is 0.341 e. The third-order valence-corrected chi connectivity index (χ3v) is 5.35. The summed E-state index contributed by atoms with van der Waals surface area (Å²) in [6.07, 6.45) is 0. The quantitative estimate of drug-likeness (QED) is 0.514. The first-order valence-electron chi connectivity index (χ1n) is 8.48. The van der Waals surface area contributed by atoms with Gasteiger partial charge in [0.25, 0.3) is 0 Å². The van der Waals surface area contributed by atoms with Gasteiger partial charge in [0, 0.05) is 5.56 Å². The maximum atomic E-state index is 12.6. The lowest BCUT2D eigenvalue weighted by Gasteiger charge is -2.12. The lowest BCUT2D eigenvalue weighted by Crippen LogP contribution is -2.12. The highest BCUT2D eigenvalue weighted by Gasteiger charge is 2.26. The third kappa shape index (κ3) is 4.97. The number of carbonyl (C=O) groups excluding carboxylic acids is 1. The third-order valence-electron chi connectivity index (χ3n) is 3.96. The molecule has 3 rings (SSSR count). The predicted molar refractivity (Wildman–Crippen MR) is 102 cm³/mol. The van der Waals surface area contributed by atoms with Gasteiger partial charge >= 0.3 is 11.7 Å². The summed E-state index contributed by atoms with van der Waals surface area (Å²) in [5.74, 6) is -3.10. The molecule has 0 saturated heterocycles. The van der Waals surface area contributed by atoms with Gasteiger partial charge in [-0.05, 0) is 42.5 Å². The Labute approximate surface area is 166 Å². The number of rotatable bonds is 7. The molecule has 29 heavy (non-hydrogen) atoms. The fourth-order valence-electron chi connectivity index (χ4n) is 2.45. The lowest BCUT2D eigenvalue weighted by atomic mass is 10.2. The molecule has 0 N–H and O–H groups in total. The number of halogens is 2. The Hall–Kier alpha value is -3.26. The van der Waals surface area contributed by atoms with E-state index in [1.165, 1.54) is 0 Å². The molecule has 0 aliphatic rings. The van der Waals surface area contributed by atoms with Crippen molar-refractivity contribution in [3.05, 3.63) is 90.0 Å². The van der Waals surface area contributed by atoms with Crippen molar-refractivity contribution in [3.63, 3.8) is 0 Å². The van der Waals surface area contributed by atoms with Crippen LogP contribution in [0.15, 0.2) is 83.8 Å². The first-order valence-corrected chi connectivity index (χ1v) is 10.0. The van der Waals surface area contributed by atoms with E-state index < -0.39 is 26.5 Å². The fourth-order valence-corrected chi connectivity index (χ4v) is 3.17. The van der Waals surface area contributed by atoms with E-state index in [1.54, 1.807) is 36.4 Å². The molecule has 0 saturated carbocycles. The van der Waals surface area contributed by atoms with E-state index in [9.17, 15) is 22.0 Å². The molecule has 0 bridgehead atoms. The van der Waals surface area contributed by atoms with Gasteiger partial charge in [0.2, 0.25) is 9.84 Å². The van der Waals surface area contributed by atoms with Crippen molar-refractivity contribution >= 4 is 15.8 Å². The Kier molecular flexibility index (Phi) is 6.23. The fraction of sp³-hybridized carbons (Fsp3) is 0.0952. The molecular weight excluding hydrogens is 402 g/mol. The molecule has 3 aromatic rings. The number of benzene rings is 3. The van der Waals surface area contributed by atoms with Crippen LogP contribution < -0.4 is 4.74 Å². The molecule has 8 heteroatoms. The molecule has 3 aromatic carbocycles. The number of ether oxygens (including phenoxy) is 2. The summed E-state index contributed by atoms with van der Waals surface area (Å²) in [5.41, 5.74) is 0.668. The minimum atomic E-state index is -4.71. The first-order chi connectivity index (χ1) is 13.9. The van der Waals surface area contributed by atoms with E-state index in [1.807, 2.05) is 18.2 Å². The number of sulfone groups is 1. The number of carbonyl (C=O) groups is 1. The van der Waals surface area contributed by atoms with Crippen molar-refractivity contribution in [2.45, 2.75) is 17.3 Å². The van der Waals surface area contributed by atoms with Gasteiger partial charge in [0.1, 0.15) is 18.1 Å². The standard InChI is InChI=1S/C21H16F2O5S/c22-21(23)29(25,26)18-12-10-15(11-13-18)20(24)27-14-16-6-4-5-9-19(16)28-17-7-2-1-3-8-17/h1-13,21H,14H2. The number of para-hydroxylation sites is 2. The highest BCUT2D eigenvalue weighted by Crippen LogP contribution is 2.26. The van der Waals surface area contributed by atoms with Gasteiger partial charge in [-0.3, -0.25) is 0 Å². The van der Waals surface area contributed by atoms with E-state index in [-0.39, 0.29) is 12.2 Å². The Balaban J connectivity index is 1.68. The largest absolute Gasteiger partial charge is 0.457 e.